The van der Waals surface area contributed by atoms with E-state index in [2.05, 4.69) is 21.2 Å². The van der Waals surface area contributed by atoms with Crippen molar-refractivity contribution in [2.75, 3.05) is 12.4 Å². The van der Waals surface area contributed by atoms with Gasteiger partial charge >= 0.3 is 6.01 Å². The highest BCUT2D eigenvalue weighted by Crippen LogP contribution is 2.21. The lowest BCUT2D eigenvalue weighted by Crippen LogP contribution is -2.17. The summed E-state index contributed by atoms with van der Waals surface area (Å²) in [7, 11) is 1.49. The standard InChI is InChI=1S/C10H12ClN3O/c1-4-7(5-2)13-9-8(11)6-12-10(14-9)15-3/h1,6-7H,5H2,2-3H3,(H,12,13,14). The maximum absolute atomic E-state index is 5.90. The van der Waals surface area contributed by atoms with E-state index in [1.807, 2.05) is 6.92 Å². The Morgan fingerprint density at radius 2 is 2.47 bits per heavy atom. The van der Waals surface area contributed by atoms with Gasteiger partial charge in [0.2, 0.25) is 0 Å². The number of ether oxygens (including phenoxy) is 1. The topological polar surface area (TPSA) is 47.0 Å². The molecule has 1 atom stereocenters. The summed E-state index contributed by atoms with van der Waals surface area (Å²) >= 11 is 5.90. The van der Waals surface area contributed by atoms with Gasteiger partial charge in [-0.2, -0.15) is 4.98 Å². The summed E-state index contributed by atoms with van der Waals surface area (Å²) in [6, 6.07) is 0.163. The van der Waals surface area contributed by atoms with Gasteiger partial charge in [0.1, 0.15) is 5.02 Å². The summed E-state index contributed by atoms with van der Waals surface area (Å²) in [6.45, 7) is 1.98. The molecular formula is C10H12ClN3O. The Morgan fingerprint density at radius 3 is 3.00 bits per heavy atom. The van der Waals surface area contributed by atoms with Gasteiger partial charge in [-0.3, -0.25) is 0 Å². The molecule has 1 unspecified atom stereocenters. The number of terminal acetylenes is 1. The molecule has 1 rings (SSSR count). The molecule has 5 heteroatoms. The Kier molecular flexibility index (Phi) is 4.19. The molecule has 0 aliphatic heterocycles. The number of nitrogens with one attached hydrogen (secondary N) is 1. The van der Waals surface area contributed by atoms with E-state index in [0.717, 1.165) is 6.42 Å². The van der Waals surface area contributed by atoms with Crippen LogP contribution in [0.4, 0.5) is 5.82 Å². The van der Waals surface area contributed by atoms with Crippen LogP contribution in [0.3, 0.4) is 0 Å². The lowest BCUT2D eigenvalue weighted by atomic mass is 10.2. The third-order valence-corrected chi connectivity index (χ3v) is 2.10. The van der Waals surface area contributed by atoms with Crippen LogP contribution < -0.4 is 10.1 Å². The van der Waals surface area contributed by atoms with Crippen LogP contribution >= 0.6 is 11.6 Å². The van der Waals surface area contributed by atoms with Gasteiger partial charge in [-0.25, -0.2) is 4.98 Å². The van der Waals surface area contributed by atoms with Crippen molar-refractivity contribution < 1.29 is 4.74 Å². The first-order valence-electron chi connectivity index (χ1n) is 4.50. The zero-order chi connectivity index (χ0) is 11.3. The molecule has 0 bridgehead atoms. The van der Waals surface area contributed by atoms with Gasteiger partial charge in [-0.1, -0.05) is 24.4 Å². The number of nitrogens with zero attached hydrogens (tertiary/aromatic N) is 2. The fraction of sp³-hybridized carbons (Fsp3) is 0.400. The van der Waals surface area contributed by atoms with Crippen LogP contribution in [0.1, 0.15) is 13.3 Å². The molecule has 1 aromatic heterocycles. The van der Waals surface area contributed by atoms with E-state index in [0.29, 0.717) is 10.8 Å². The van der Waals surface area contributed by atoms with Crippen molar-refractivity contribution in [2.45, 2.75) is 19.4 Å². The molecule has 0 aliphatic rings. The lowest BCUT2D eigenvalue weighted by molar-refractivity contribution is 0.380. The van der Waals surface area contributed by atoms with E-state index in [1.165, 1.54) is 13.3 Å². The van der Waals surface area contributed by atoms with Crippen molar-refractivity contribution in [3.8, 4) is 18.4 Å². The molecule has 0 aromatic carbocycles. The first-order chi connectivity index (χ1) is 7.21. The van der Waals surface area contributed by atoms with E-state index in [4.69, 9.17) is 22.8 Å². The van der Waals surface area contributed by atoms with E-state index in [9.17, 15) is 0 Å². The summed E-state index contributed by atoms with van der Waals surface area (Å²) < 4.78 is 4.89. The minimum atomic E-state index is -0.0953. The highest BCUT2D eigenvalue weighted by atomic mass is 35.5. The maximum atomic E-state index is 5.90. The van der Waals surface area contributed by atoms with E-state index < -0.39 is 0 Å². The third-order valence-electron chi connectivity index (χ3n) is 1.82. The molecule has 1 N–H and O–H groups in total. The number of halogens is 1. The molecule has 0 radical (unpaired) electrons. The minimum Gasteiger partial charge on any atom is -0.467 e. The second kappa shape index (κ2) is 5.42. The minimum absolute atomic E-state index is 0.0953. The Labute approximate surface area is 94.0 Å². The van der Waals surface area contributed by atoms with Gasteiger partial charge in [0, 0.05) is 0 Å². The molecule has 80 valence electrons. The number of hydrogen-bond donors (Lipinski definition) is 1. The Balaban J connectivity index is 2.88. The average Bonchev–Trinajstić information content (AvgIpc) is 2.28. The fourth-order valence-electron chi connectivity index (χ4n) is 0.977. The Hall–Kier alpha value is -1.47. The number of methoxy groups -OCH3 is 1. The van der Waals surface area contributed by atoms with Gasteiger partial charge < -0.3 is 10.1 Å². The molecule has 0 saturated heterocycles. The van der Waals surface area contributed by atoms with Gasteiger partial charge in [0.15, 0.2) is 5.82 Å². The zero-order valence-electron chi connectivity index (χ0n) is 8.62. The molecule has 15 heavy (non-hydrogen) atoms. The molecule has 1 aromatic rings. The monoisotopic (exact) mass is 225 g/mol. The van der Waals surface area contributed by atoms with Crippen molar-refractivity contribution in [3.63, 3.8) is 0 Å². The Bertz CT molecular complexity index is 375. The number of anilines is 1. The molecule has 0 aliphatic carbocycles. The first-order valence-corrected chi connectivity index (χ1v) is 4.88. The van der Waals surface area contributed by atoms with Crippen molar-refractivity contribution in [3.05, 3.63) is 11.2 Å². The van der Waals surface area contributed by atoms with Gasteiger partial charge in [0.25, 0.3) is 0 Å². The van der Waals surface area contributed by atoms with Crippen LogP contribution in [-0.2, 0) is 0 Å². The molecule has 0 fully saturated rings. The Morgan fingerprint density at radius 1 is 1.73 bits per heavy atom. The van der Waals surface area contributed by atoms with Gasteiger partial charge in [0.05, 0.1) is 19.3 Å². The van der Waals surface area contributed by atoms with Crippen LogP contribution in [0.2, 0.25) is 5.02 Å². The third kappa shape index (κ3) is 3.00. The molecule has 1 heterocycles. The van der Waals surface area contributed by atoms with E-state index in [1.54, 1.807) is 0 Å². The van der Waals surface area contributed by atoms with Crippen molar-refractivity contribution >= 4 is 17.4 Å². The summed E-state index contributed by atoms with van der Waals surface area (Å²) in [6.07, 6.45) is 7.58. The molecule has 0 saturated carbocycles. The second-order valence-electron chi connectivity index (χ2n) is 2.83. The molecule has 0 spiro atoms. The summed E-state index contributed by atoms with van der Waals surface area (Å²) in [5.41, 5.74) is 0. The molecule has 0 amide bonds. The zero-order valence-corrected chi connectivity index (χ0v) is 9.38. The number of rotatable bonds is 4. The second-order valence-corrected chi connectivity index (χ2v) is 3.23. The molecule has 4 nitrogen and oxygen atoms in total. The first kappa shape index (κ1) is 11.6. The largest absolute Gasteiger partial charge is 0.467 e. The predicted octanol–water partition coefficient (Wildman–Crippen LogP) is 1.96. The number of aromatic nitrogens is 2. The highest BCUT2D eigenvalue weighted by Gasteiger charge is 2.08. The van der Waals surface area contributed by atoms with Gasteiger partial charge in [-0.15, -0.1) is 6.42 Å². The van der Waals surface area contributed by atoms with Gasteiger partial charge in [-0.05, 0) is 6.42 Å². The summed E-state index contributed by atoms with van der Waals surface area (Å²) in [5.74, 6) is 3.09. The average molecular weight is 226 g/mol. The van der Waals surface area contributed by atoms with Crippen LogP contribution in [0, 0.1) is 12.3 Å². The normalized spacial score (nSPS) is 11.6. The smallest absolute Gasteiger partial charge is 0.318 e. The quantitative estimate of drug-likeness (QED) is 0.796. The van der Waals surface area contributed by atoms with Crippen molar-refractivity contribution in [1.29, 1.82) is 0 Å². The van der Waals surface area contributed by atoms with Crippen LogP contribution in [0.15, 0.2) is 6.20 Å². The summed E-state index contributed by atoms with van der Waals surface area (Å²) in [4.78, 5) is 7.91. The fourth-order valence-corrected chi connectivity index (χ4v) is 1.12. The predicted molar refractivity (Wildman–Crippen MR) is 60.1 cm³/mol. The SMILES string of the molecule is C#CC(CC)Nc1nc(OC)ncc1Cl. The highest BCUT2D eigenvalue weighted by molar-refractivity contribution is 6.32. The van der Waals surface area contributed by atoms with Crippen LogP contribution in [0.25, 0.3) is 0 Å². The molecular weight excluding hydrogens is 214 g/mol. The van der Waals surface area contributed by atoms with Crippen LogP contribution in [0.5, 0.6) is 6.01 Å². The summed E-state index contributed by atoms with van der Waals surface area (Å²) in [5, 5.41) is 3.44. The van der Waals surface area contributed by atoms with E-state index in [-0.39, 0.29) is 12.1 Å². The van der Waals surface area contributed by atoms with E-state index >= 15 is 0 Å². The van der Waals surface area contributed by atoms with Crippen molar-refractivity contribution in [1.82, 2.24) is 9.97 Å². The lowest BCUT2D eigenvalue weighted by Gasteiger charge is -2.12. The maximum Gasteiger partial charge on any atom is 0.318 e. The van der Waals surface area contributed by atoms with Crippen molar-refractivity contribution in [2.24, 2.45) is 0 Å². The number of hydrogen-bond acceptors (Lipinski definition) is 4. The van der Waals surface area contributed by atoms with Crippen LogP contribution in [-0.4, -0.2) is 23.1 Å².